The average Bonchev–Trinajstić information content (AvgIpc) is 2.65. The van der Waals surface area contributed by atoms with Crippen molar-refractivity contribution in [3.63, 3.8) is 0 Å². The van der Waals surface area contributed by atoms with Crippen molar-refractivity contribution in [2.45, 2.75) is 31.1 Å². The molecule has 6 nitrogen and oxygen atoms in total. The molecule has 0 heterocycles. The van der Waals surface area contributed by atoms with Crippen LogP contribution in [0.5, 0.6) is 11.5 Å². The first kappa shape index (κ1) is 21.9. The molecule has 2 atom stereocenters. The zero-order valence-corrected chi connectivity index (χ0v) is 18.0. The van der Waals surface area contributed by atoms with Gasteiger partial charge in [0.2, 0.25) is 0 Å². The predicted molar refractivity (Wildman–Crippen MR) is 108 cm³/mol. The molecular weight excluding hydrogens is 436 g/mol. The van der Waals surface area contributed by atoms with E-state index >= 15 is 0 Å². The largest absolute Gasteiger partial charge is 0.493 e. The summed E-state index contributed by atoms with van der Waals surface area (Å²) < 4.78 is 50.0. The number of halogens is 1. The first-order chi connectivity index (χ1) is 12.8. The molecule has 0 spiro atoms. The standard InChI is InChI=1S/C19H25BrO6S/c1-4-15(19(27(21,22)23)9-7-16(20)8-10-19)13-26-12-14-5-6-17(24-2)18(11-14)25-3/h5-9,11,15H,4,10,12-13H2,1-3H3,(H,21,22,23)/t15?,19-/m0/s1. The second-order valence-electron chi connectivity index (χ2n) is 6.37. The fourth-order valence-corrected chi connectivity index (χ4v) is 4.70. The first-order valence-corrected chi connectivity index (χ1v) is 10.8. The Morgan fingerprint density at radius 2 is 1.96 bits per heavy atom. The van der Waals surface area contributed by atoms with E-state index in [0.29, 0.717) is 24.5 Å². The lowest BCUT2D eigenvalue weighted by Gasteiger charge is -2.36. The summed E-state index contributed by atoms with van der Waals surface area (Å²) in [6.45, 7) is 2.38. The summed E-state index contributed by atoms with van der Waals surface area (Å²) in [7, 11) is -1.18. The summed E-state index contributed by atoms with van der Waals surface area (Å²) in [4.78, 5) is 0. The minimum Gasteiger partial charge on any atom is -0.493 e. The second kappa shape index (κ2) is 9.23. The van der Waals surface area contributed by atoms with Crippen LogP contribution >= 0.6 is 15.9 Å². The minimum absolute atomic E-state index is 0.195. The maximum Gasteiger partial charge on any atom is 0.274 e. The summed E-state index contributed by atoms with van der Waals surface area (Å²) in [5.41, 5.74) is 0.880. The monoisotopic (exact) mass is 460 g/mol. The highest BCUT2D eigenvalue weighted by Crippen LogP contribution is 2.39. The van der Waals surface area contributed by atoms with Crippen molar-refractivity contribution in [1.82, 2.24) is 0 Å². The van der Waals surface area contributed by atoms with E-state index in [2.05, 4.69) is 15.9 Å². The molecule has 0 radical (unpaired) electrons. The van der Waals surface area contributed by atoms with Gasteiger partial charge >= 0.3 is 0 Å². The molecule has 1 aromatic rings. The van der Waals surface area contributed by atoms with E-state index in [0.717, 1.165) is 10.0 Å². The van der Waals surface area contributed by atoms with Gasteiger partial charge in [0.05, 0.1) is 27.4 Å². The average molecular weight is 461 g/mol. The van der Waals surface area contributed by atoms with Gasteiger partial charge in [-0.2, -0.15) is 8.42 Å². The van der Waals surface area contributed by atoms with Crippen LogP contribution in [0.1, 0.15) is 25.3 Å². The van der Waals surface area contributed by atoms with E-state index < -0.39 is 14.9 Å². The number of ether oxygens (including phenoxy) is 3. The summed E-state index contributed by atoms with van der Waals surface area (Å²) in [5.74, 6) is 0.841. The smallest absolute Gasteiger partial charge is 0.274 e. The summed E-state index contributed by atoms with van der Waals surface area (Å²) in [5, 5.41) is 0. The first-order valence-electron chi connectivity index (χ1n) is 8.58. The zero-order chi connectivity index (χ0) is 20.1. The van der Waals surface area contributed by atoms with Gasteiger partial charge in [-0.1, -0.05) is 47.1 Å². The molecule has 2 rings (SSSR count). The van der Waals surface area contributed by atoms with Gasteiger partial charge in [0.15, 0.2) is 11.5 Å². The third kappa shape index (κ3) is 4.93. The summed E-state index contributed by atoms with van der Waals surface area (Å²) in [6.07, 6.45) is 5.71. The van der Waals surface area contributed by atoms with Crippen molar-refractivity contribution >= 4 is 26.0 Å². The van der Waals surface area contributed by atoms with Crippen LogP contribution in [0, 0.1) is 5.92 Å². The molecule has 0 aliphatic heterocycles. The molecule has 1 unspecified atom stereocenters. The maximum absolute atomic E-state index is 12.2. The van der Waals surface area contributed by atoms with Crippen molar-refractivity contribution in [1.29, 1.82) is 0 Å². The molecule has 27 heavy (non-hydrogen) atoms. The highest BCUT2D eigenvalue weighted by molar-refractivity contribution is 9.11. The Kier molecular flexibility index (Phi) is 7.50. The van der Waals surface area contributed by atoms with E-state index in [-0.39, 0.29) is 18.9 Å². The lowest BCUT2D eigenvalue weighted by Crippen LogP contribution is -2.46. The molecule has 1 aliphatic carbocycles. The molecule has 0 aromatic heterocycles. The fraction of sp³-hybridized carbons (Fsp3) is 0.474. The molecule has 0 bridgehead atoms. The zero-order valence-electron chi connectivity index (χ0n) is 15.6. The fourth-order valence-electron chi connectivity index (χ4n) is 3.21. The lowest BCUT2D eigenvalue weighted by molar-refractivity contribution is 0.0745. The third-order valence-electron chi connectivity index (χ3n) is 4.84. The lowest BCUT2D eigenvalue weighted by atomic mass is 9.84. The molecule has 0 saturated heterocycles. The highest BCUT2D eigenvalue weighted by Gasteiger charge is 2.47. The van der Waals surface area contributed by atoms with Crippen LogP contribution in [-0.4, -0.2) is 38.5 Å². The van der Waals surface area contributed by atoms with Crippen LogP contribution in [-0.2, 0) is 21.5 Å². The Morgan fingerprint density at radius 1 is 1.26 bits per heavy atom. The quantitative estimate of drug-likeness (QED) is 0.558. The van der Waals surface area contributed by atoms with Gasteiger partial charge in [0.1, 0.15) is 4.75 Å². The van der Waals surface area contributed by atoms with Crippen LogP contribution in [0.2, 0.25) is 0 Å². The van der Waals surface area contributed by atoms with Crippen molar-refractivity contribution in [2.24, 2.45) is 5.92 Å². The number of rotatable bonds is 9. The van der Waals surface area contributed by atoms with E-state index in [4.69, 9.17) is 14.2 Å². The molecule has 0 saturated carbocycles. The number of benzene rings is 1. The Bertz CT molecular complexity index is 817. The molecule has 0 amide bonds. The molecular formula is C19H25BrO6S. The predicted octanol–water partition coefficient (Wildman–Crippen LogP) is 4.11. The minimum atomic E-state index is -4.31. The van der Waals surface area contributed by atoms with Crippen LogP contribution in [0.25, 0.3) is 0 Å². The Morgan fingerprint density at radius 3 is 2.48 bits per heavy atom. The molecule has 150 valence electrons. The summed E-state index contributed by atoms with van der Waals surface area (Å²) >= 11 is 3.33. The Hall–Kier alpha value is -1.35. The molecule has 1 N–H and O–H groups in total. The van der Waals surface area contributed by atoms with Crippen LogP contribution in [0.3, 0.4) is 0 Å². The van der Waals surface area contributed by atoms with Gasteiger partial charge in [-0.3, -0.25) is 4.55 Å². The van der Waals surface area contributed by atoms with Gasteiger partial charge in [-0.15, -0.1) is 0 Å². The van der Waals surface area contributed by atoms with Gasteiger partial charge in [0.25, 0.3) is 10.1 Å². The van der Waals surface area contributed by atoms with E-state index in [1.54, 1.807) is 38.5 Å². The number of hydrogen-bond donors (Lipinski definition) is 1. The highest BCUT2D eigenvalue weighted by atomic mass is 79.9. The van der Waals surface area contributed by atoms with Crippen LogP contribution < -0.4 is 9.47 Å². The van der Waals surface area contributed by atoms with Crippen molar-refractivity contribution in [3.05, 3.63) is 46.5 Å². The van der Waals surface area contributed by atoms with E-state index in [9.17, 15) is 13.0 Å². The van der Waals surface area contributed by atoms with Gasteiger partial charge in [-0.05, 0) is 30.5 Å². The van der Waals surface area contributed by atoms with Crippen molar-refractivity contribution < 1.29 is 27.2 Å². The number of allylic oxidation sites excluding steroid dienone is 3. The van der Waals surface area contributed by atoms with E-state index in [1.807, 2.05) is 19.1 Å². The van der Waals surface area contributed by atoms with Crippen molar-refractivity contribution in [2.75, 3.05) is 20.8 Å². The molecule has 1 aromatic carbocycles. The van der Waals surface area contributed by atoms with E-state index in [1.165, 1.54) is 0 Å². The topological polar surface area (TPSA) is 82.1 Å². The van der Waals surface area contributed by atoms with Gasteiger partial charge < -0.3 is 14.2 Å². The van der Waals surface area contributed by atoms with Crippen LogP contribution in [0.15, 0.2) is 40.9 Å². The molecule has 8 heteroatoms. The third-order valence-corrected chi connectivity index (χ3v) is 7.03. The Balaban J connectivity index is 2.12. The number of methoxy groups -OCH3 is 2. The SMILES string of the molecule is CCC(COCc1ccc(OC)c(OC)c1)[C@]1(S(=O)(=O)O)C=CC(Br)=CC1. The maximum atomic E-state index is 12.2. The molecule has 1 aliphatic rings. The van der Waals surface area contributed by atoms with Gasteiger partial charge in [0, 0.05) is 10.4 Å². The normalized spacial score (nSPS) is 20.9. The second-order valence-corrected chi connectivity index (χ2v) is 8.99. The van der Waals surface area contributed by atoms with Crippen LogP contribution in [0.4, 0.5) is 0 Å². The Labute approximate surface area is 169 Å². The molecule has 0 fully saturated rings. The number of hydrogen-bond acceptors (Lipinski definition) is 5. The van der Waals surface area contributed by atoms with Gasteiger partial charge in [-0.25, -0.2) is 0 Å². The van der Waals surface area contributed by atoms with Crippen molar-refractivity contribution in [3.8, 4) is 11.5 Å². The summed E-state index contributed by atoms with van der Waals surface area (Å²) in [6, 6.07) is 5.47.